The molecule has 15 heteroatoms. The smallest absolute Gasteiger partial charge is 0.493 e. The van der Waals surface area contributed by atoms with Gasteiger partial charge in [-0.1, -0.05) is 15.9 Å². The normalized spacial score (nSPS) is 12.8. The summed E-state index contributed by atoms with van der Waals surface area (Å²) in [5.41, 5.74) is -0.166. The first-order chi connectivity index (χ1) is 17.5. The number of ether oxygens (including phenoxy) is 4. The lowest BCUT2D eigenvalue weighted by atomic mass is 10.1. The zero-order valence-electron chi connectivity index (χ0n) is 21.9. The molecule has 13 nitrogen and oxygen atoms in total. The third kappa shape index (κ3) is 10.4. The summed E-state index contributed by atoms with van der Waals surface area (Å²) in [6, 6.07) is 3.09. The molecule has 0 heterocycles. The van der Waals surface area contributed by atoms with Crippen LogP contribution in [-0.2, 0) is 27.5 Å². The number of methoxy groups -OCH3 is 1. The molecule has 0 fully saturated rings. The van der Waals surface area contributed by atoms with Gasteiger partial charge in [-0.25, -0.2) is 4.79 Å². The third-order valence-electron chi connectivity index (χ3n) is 5.21. The number of esters is 1. The molecule has 0 saturated carbocycles. The second kappa shape index (κ2) is 16.4. The quantitative estimate of drug-likeness (QED) is 0.0684. The number of hydrogen-bond acceptors (Lipinski definition) is 11. The molecule has 37 heavy (non-hydrogen) atoms. The van der Waals surface area contributed by atoms with E-state index in [2.05, 4.69) is 21.2 Å². The van der Waals surface area contributed by atoms with Crippen molar-refractivity contribution in [2.24, 2.45) is 0 Å². The minimum atomic E-state index is -2.75. The summed E-state index contributed by atoms with van der Waals surface area (Å²) in [4.78, 5) is 34.5. The van der Waals surface area contributed by atoms with Gasteiger partial charge in [0.1, 0.15) is 10.9 Å². The average molecular weight is 612 g/mol. The van der Waals surface area contributed by atoms with E-state index in [1.165, 1.54) is 47.5 Å². The lowest BCUT2D eigenvalue weighted by molar-refractivity contribution is -0.386. The molecule has 2 atom stereocenters. The van der Waals surface area contributed by atoms with Crippen LogP contribution in [0.25, 0.3) is 0 Å². The van der Waals surface area contributed by atoms with Gasteiger partial charge in [-0.05, 0) is 26.3 Å². The van der Waals surface area contributed by atoms with Gasteiger partial charge in [0.25, 0.3) is 5.69 Å². The number of benzene rings is 1. The van der Waals surface area contributed by atoms with Gasteiger partial charge in [0, 0.05) is 40.3 Å². The van der Waals surface area contributed by atoms with Gasteiger partial charge in [0.15, 0.2) is 11.5 Å². The van der Waals surface area contributed by atoms with E-state index < -0.39 is 36.7 Å². The molecule has 0 spiro atoms. The SMILES string of the molecule is COc1cc(C(C)OC(=O)NCCC[Si](OC)(OC)OC)c([N+](=O)[O-])cc1OCCCOC(=O)C(C)Br. The van der Waals surface area contributed by atoms with Crippen molar-refractivity contribution in [3.8, 4) is 11.5 Å². The zero-order chi connectivity index (χ0) is 28.0. The molecule has 0 bridgehead atoms. The van der Waals surface area contributed by atoms with E-state index in [1.807, 2.05) is 0 Å². The number of nitrogens with one attached hydrogen (secondary N) is 1. The van der Waals surface area contributed by atoms with Crippen molar-refractivity contribution in [2.45, 2.75) is 43.7 Å². The highest BCUT2D eigenvalue weighted by Gasteiger charge is 2.37. The first-order valence-corrected chi connectivity index (χ1v) is 14.3. The summed E-state index contributed by atoms with van der Waals surface area (Å²) < 4.78 is 37.3. The van der Waals surface area contributed by atoms with E-state index in [1.54, 1.807) is 6.92 Å². The number of amides is 1. The van der Waals surface area contributed by atoms with Gasteiger partial charge >= 0.3 is 20.9 Å². The molecule has 1 rings (SSSR count). The standard InChI is InChI=1S/C22H35BrN2O11Si/c1-15(23)21(26)35-11-8-10-34-20-14-18(25(28)29)17(13-19(20)30-3)16(2)36-22(27)24-9-7-12-37(31-4,32-5)33-6/h13-16H,7-12H2,1-6H3,(H,24,27). The van der Waals surface area contributed by atoms with E-state index in [9.17, 15) is 19.7 Å². The van der Waals surface area contributed by atoms with Gasteiger partial charge in [-0.2, -0.15) is 0 Å². The van der Waals surface area contributed by atoms with Crippen molar-refractivity contribution in [1.82, 2.24) is 5.32 Å². The van der Waals surface area contributed by atoms with Gasteiger partial charge in [0.2, 0.25) is 0 Å². The lowest BCUT2D eigenvalue weighted by Gasteiger charge is -2.24. The molecule has 1 aromatic rings. The minimum Gasteiger partial charge on any atom is -0.493 e. The van der Waals surface area contributed by atoms with Crippen LogP contribution in [0.3, 0.4) is 0 Å². The number of carbonyl (C=O) groups is 2. The summed E-state index contributed by atoms with van der Waals surface area (Å²) in [6.45, 7) is 3.68. The molecule has 0 aromatic heterocycles. The number of rotatable bonds is 17. The first-order valence-electron chi connectivity index (χ1n) is 11.4. The van der Waals surface area contributed by atoms with Gasteiger partial charge in [-0.15, -0.1) is 0 Å². The van der Waals surface area contributed by atoms with Crippen LogP contribution in [0.1, 0.15) is 38.4 Å². The minimum absolute atomic E-state index is 0.128. The van der Waals surface area contributed by atoms with Crippen LogP contribution in [0.4, 0.5) is 10.5 Å². The van der Waals surface area contributed by atoms with Crippen LogP contribution in [0, 0.1) is 10.1 Å². The van der Waals surface area contributed by atoms with Crippen molar-refractivity contribution in [3.63, 3.8) is 0 Å². The van der Waals surface area contributed by atoms with Crippen LogP contribution >= 0.6 is 15.9 Å². The van der Waals surface area contributed by atoms with Gasteiger partial charge in [-0.3, -0.25) is 14.9 Å². The number of nitro groups is 1. The van der Waals surface area contributed by atoms with E-state index in [-0.39, 0.29) is 42.5 Å². The van der Waals surface area contributed by atoms with Crippen molar-refractivity contribution in [2.75, 3.05) is 48.2 Å². The monoisotopic (exact) mass is 610 g/mol. The number of hydrogen-bond donors (Lipinski definition) is 1. The zero-order valence-corrected chi connectivity index (χ0v) is 24.5. The predicted octanol–water partition coefficient (Wildman–Crippen LogP) is 3.75. The molecular formula is C22H35BrN2O11Si. The maximum Gasteiger partial charge on any atom is 0.500 e. The summed E-state index contributed by atoms with van der Waals surface area (Å²) >= 11 is 3.12. The fourth-order valence-corrected chi connectivity index (χ4v) is 5.02. The highest BCUT2D eigenvalue weighted by Crippen LogP contribution is 2.38. The Morgan fingerprint density at radius 3 is 2.24 bits per heavy atom. The molecule has 210 valence electrons. The second-order valence-corrected chi connectivity index (χ2v) is 12.1. The molecule has 0 aliphatic heterocycles. The molecule has 0 aliphatic rings. The maximum atomic E-state index is 12.3. The largest absolute Gasteiger partial charge is 0.500 e. The summed E-state index contributed by atoms with van der Waals surface area (Å²) in [5, 5.41) is 14.3. The Morgan fingerprint density at radius 2 is 1.70 bits per heavy atom. The van der Waals surface area contributed by atoms with Crippen LogP contribution in [-0.4, -0.2) is 78.8 Å². The molecule has 2 unspecified atom stereocenters. The Balaban J connectivity index is 2.77. The Labute approximate surface area is 225 Å². The number of nitro benzene ring substituents is 1. The van der Waals surface area contributed by atoms with E-state index in [0.29, 0.717) is 18.9 Å². The summed E-state index contributed by atoms with van der Waals surface area (Å²) in [7, 11) is 3.15. The Morgan fingerprint density at radius 1 is 1.05 bits per heavy atom. The van der Waals surface area contributed by atoms with Crippen LogP contribution in [0.2, 0.25) is 6.04 Å². The number of alkyl carbamates (subject to hydrolysis) is 1. The molecule has 1 N–H and O–H groups in total. The Hall–Kier alpha value is -2.46. The topological polar surface area (TPSA) is 154 Å². The molecule has 0 saturated heterocycles. The van der Waals surface area contributed by atoms with Crippen LogP contribution in [0.5, 0.6) is 11.5 Å². The second-order valence-electron chi connectivity index (χ2n) is 7.68. The van der Waals surface area contributed by atoms with Gasteiger partial charge < -0.3 is 37.5 Å². The Kier molecular flexibility index (Phi) is 14.4. The number of nitrogens with zero attached hydrogens (tertiary/aromatic N) is 1. The molecule has 0 aliphatic carbocycles. The highest BCUT2D eigenvalue weighted by molar-refractivity contribution is 9.10. The highest BCUT2D eigenvalue weighted by atomic mass is 79.9. The third-order valence-corrected chi connectivity index (χ3v) is 8.41. The number of halogens is 1. The van der Waals surface area contributed by atoms with E-state index in [4.69, 9.17) is 32.2 Å². The fourth-order valence-electron chi connectivity index (χ4n) is 3.17. The molecule has 1 amide bonds. The molecular weight excluding hydrogens is 576 g/mol. The summed E-state index contributed by atoms with van der Waals surface area (Å²) in [6.07, 6.45) is -0.820. The number of carbonyl (C=O) groups excluding carboxylic acids is 2. The average Bonchev–Trinajstić information content (AvgIpc) is 2.88. The molecule has 1 aromatic carbocycles. The van der Waals surface area contributed by atoms with Crippen molar-refractivity contribution in [1.29, 1.82) is 0 Å². The predicted molar refractivity (Wildman–Crippen MR) is 138 cm³/mol. The molecule has 0 radical (unpaired) electrons. The fraction of sp³-hybridized carbons (Fsp3) is 0.636. The van der Waals surface area contributed by atoms with E-state index in [0.717, 1.165) is 0 Å². The van der Waals surface area contributed by atoms with Crippen LogP contribution < -0.4 is 14.8 Å². The Bertz CT molecular complexity index is 891. The first kappa shape index (κ1) is 32.6. The van der Waals surface area contributed by atoms with Crippen LogP contribution in [0.15, 0.2) is 12.1 Å². The summed E-state index contributed by atoms with van der Waals surface area (Å²) in [5.74, 6) is -0.0371. The van der Waals surface area contributed by atoms with Crippen molar-refractivity contribution < 1.29 is 46.7 Å². The van der Waals surface area contributed by atoms with Gasteiger partial charge in [0.05, 0.1) is 36.9 Å². The van der Waals surface area contributed by atoms with Crippen molar-refractivity contribution in [3.05, 3.63) is 27.8 Å². The number of alkyl halides is 1. The van der Waals surface area contributed by atoms with Crippen molar-refractivity contribution >= 4 is 42.5 Å². The van der Waals surface area contributed by atoms with E-state index >= 15 is 0 Å². The maximum absolute atomic E-state index is 12.3. The lowest BCUT2D eigenvalue weighted by Crippen LogP contribution is -2.43.